The van der Waals surface area contributed by atoms with Crippen LogP contribution in [0, 0.1) is 17.3 Å². The molecule has 0 fully saturated rings. The van der Waals surface area contributed by atoms with Crippen LogP contribution in [-0.4, -0.2) is 23.7 Å². The van der Waals surface area contributed by atoms with Crippen molar-refractivity contribution in [2.75, 3.05) is 6.54 Å². The van der Waals surface area contributed by atoms with Crippen LogP contribution in [0.2, 0.25) is 0 Å². The maximum absolute atomic E-state index is 11.7. The molecular formula is C15H31NO2. The Hall–Kier alpha value is -0.570. The Labute approximate surface area is 112 Å². The van der Waals surface area contributed by atoms with Gasteiger partial charge >= 0.3 is 0 Å². The molecule has 3 heteroatoms. The fourth-order valence-corrected chi connectivity index (χ4v) is 2.37. The van der Waals surface area contributed by atoms with Crippen molar-refractivity contribution in [1.29, 1.82) is 0 Å². The summed E-state index contributed by atoms with van der Waals surface area (Å²) in [6.45, 7) is 13.2. The Bertz CT molecular complexity index is 243. The molecule has 0 saturated carbocycles. The number of nitrogens with one attached hydrogen (secondary N) is 1. The lowest BCUT2D eigenvalue weighted by atomic mass is 9.84. The monoisotopic (exact) mass is 257 g/mol. The van der Waals surface area contributed by atoms with E-state index in [0.29, 0.717) is 24.8 Å². The Morgan fingerprint density at radius 2 is 1.78 bits per heavy atom. The highest BCUT2D eigenvalue weighted by Gasteiger charge is 2.18. The summed E-state index contributed by atoms with van der Waals surface area (Å²) in [6.07, 6.45) is 1.89. The number of rotatable bonds is 7. The largest absolute Gasteiger partial charge is 0.391 e. The fraction of sp³-hybridized carbons (Fsp3) is 0.933. The molecular weight excluding hydrogens is 226 g/mol. The lowest BCUT2D eigenvalue weighted by Crippen LogP contribution is -2.33. The van der Waals surface area contributed by atoms with Gasteiger partial charge in [0.1, 0.15) is 0 Å². The highest BCUT2D eigenvalue weighted by atomic mass is 16.3. The molecule has 3 nitrogen and oxygen atoms in total. The van der Waals surface area contributed by atoms with Crippen LogP contribution >= 0.6 is 0 Å². The molecule has 0 rings (SSSR count). The highest BCUT2D eigenvalue weighted by molar-refractivity contribution is 5.76. The van der Waals surface area contributed by atoms with Crippen LogP contribution in [0.3, 0.4) is 0 Å². The number of aliphatic hydroxyl groups excluding tert-OH is 1. The van der Waals surface area contributed by atoms with Crippen molar-refractivity contribution >= 4 is 5.91 Å². The summed E-state index contributed by atoms with van der Waals surface area (Å²) in [5, 5.41) is 12.5. The molecule has 0 aromatic heterocycles. The first-order valence-corrected chi connectivity index (χ1v) is 7.05. The van der Waals surface area contributed by atoms with Crippen molar-refractivity contribution < 1.29 is 9.90 Å². The Kier molecular flexibility index (Phi) is 7.53. The summed E-state index contributed by atoms with van der Waals surface area (Å²) in [4.78, 5) is 11.7. The average Bonchev–Trinajstić information content (AvgIpc) is 2.10. The first-order valence-electron chi connectivity index (χ1n) is 7.05. The van der Waals surface area contributed by atoms with E-state index in [9.17, 15) is 9.90 Å². The molecule has 2 unspecified atom stereocenters. The third-order valence-corrected chi connectivity index (χ3v) is 2.77. The zero-order chi connectivity index (χ0) is 14.3. The molecule has 0 aliphatic rings. The molecule has 0 aromatic rings. The third-order valence-electron chi connectivity index (χ3n) is 2.77. The van der Waals surface area contributed by atoms with Crippen molar-refractivity contribution in [3.63, 3.8) is 0 Å². The van der Waals surface area contributed by atoms with E-state index in [2.05, 4.69) is 46.9 Å². The topological polar surface area (TPSA) is 49.3 Å². The fourth-order valence-electron chi connectivity index (χ4n) is 2.37. The standard InChI is InChI=1S/C15H31NO2/c1-11(2)7-13(17)10-16-14(18)8-12(3)9-15(4,5)6/h11-13,17H,7-10H2,1-6H3,(H,16,18). The summed E-state index contributed by atoms with van der Waals surface area (Å²) in [6, 6.07) is 0. The van der Waals surface area contributed by atoms with Crippen LogP contribution in [0.1, 0.15) is 60.8 Å². The minimum atomic E-state index is -0.424. The highest BCUT2D eigenvalue weighted by Crippen LogP contribution is 2.25. The maximum Gasteiger partial charge on any atom is 0.220 e. The van der Waals surface area contributed by atoms with Crippen LogP contribution in [0.25, 0.3) is 0 Å². The molecule has 0 aliphatic carbocycles. The van der Waals surface area contributed by atoms with Crippen LogP contribution in [-0.2, 0) is 4.79 Å². The van der Waals surface area contributed by atoms with E-state index in [0.717, 1.165) is 12.8 Å². The van der Waals surface area contributed by atoms with Crippen LogP contribution in [0.5, 0.6) is 0 Å². The predicted octanol–water partition coefficient (Wildman–Crippen LogP) is 2.97. The second-order valence-corrected chi connectivity index (χ2v) is 7.16. The first kappa shape index (κ1) is 17.4. The molecule has 18 heavy (non-hydrogen) atoms. The summed E-state index contributed by atoms with van der Waals surface area (Å²) >= 11 is 0. The van der Waals surface area contributed by atoms with Gasteiger partial charge in [0.15, 0.2) is 0 Å². The van der Waals surface area contributed by atoms with Gasteiger partial charge in [-0.2, -0.15) is 0 Å². The second kappa shape index (κ2) is 7.78. The molecule has 0 bridgehead atoms. The SMILES string of the molecule is CC(C)CC(O)CNC(=O)CC(C)CC(C)(C)C. The van der Waals surface area contributed by atoms with Gasteiger partial charge in [-0.1, -0.05) is 41.5 Å². The Morgan fingerprint density at radius 3 is 2.22 bits per heavy atom. The van der Waals surface area contributed by atoms with Crippen molar-refractivity contribution in [2.45, 2.75) is 66.9 Å². The lowest BCUT2D eigenvalue weighted by molar-refractivity contribution is -0.122. The molecule has 2 N–H and O–H groups in total. The van der Waals surface area contributed by atoms with Gasteiger partial charge in [-0.05, 0) is 30.1 Å². The molecule has 0 radical (unpaired) electrons. The van der Waals surface area contributed by atoms with Gasteiger partial charge in [0.05, 0.1) is 6.10 Å². The van der Waals surface area contributed by atoms with Crippen LogP contribution in [0.4, 0.5) is 0 Å². The van der Waals surface area contributed by atoms with Crippen molar-refractivity contribution in [2.24, 2.45) is 17.3 Å². The van der Waals surface area contributed by atoms with Crippen molar-refractivity contribution in [3.05, 3.63) is 0 Å². The van der Waals surface area contributed by atoms with Crippen molar-refractivity contribution in [3.8, 4) is 0 Å². The molecule has 108 valence electrons. The molecule has 0 heterocycles. The smallest absolute Gasteiger partial charge is 0.220 e. The lowest BCUT2D eigenvalue weighted by Gasteiger charge is -2.23. The molecule has 0 spiro atoms. The molecule has 0 aromatic carbocycles. The van der Waals surface area contributed by atoms with E-state index in [1.54, 1.807) is 0 Å². The van der Waals surface area contributed by atoms with E-state index >= 15 is 0 Å². The van der Waals surface area contributed by atoms with Crippen LogP contribution < -0.4 is 5.32 Å². The van der Waals surface area contributed by atoms with E-state index in [1.165, 1.54) is 0 Å². The Balaban J connectivity index is 3.84. The molecule has 0 saturated heterocycles. The van der Waals surface area contributed by atoms with Gasteiger partial charge < -0.3 is 10.4 Å². The van der Waals surface area contributed by atoms with Gasteiger partial charge in [0.2, 0.25) is 5.91 Å². The van der Waals surface area contributed by atoms with Gasteiger partial charge in [-0.15, -0.1) is 0 Å². The average molecular weight is 257 g/mol. The zero-order valence-electron chi connectivity index (χ0n) is 12.9. The van der Waals surface area contributed by atoms with Gasteiger partial charge in [0.25, 0.3) is 0 Å². The number of carbonyl (C=O) groups is 1. The minimum absolute atomic E-state index is 0.0505. The zero-order valence-corrected chi connectivity index (χ0v) is 12.9. The first-order chi connectivity index (χ1) is 8.10. The van der Waals surface area contributed by atoms with E-state index in [-0.39, 0.29) is 11.3 Å². The summed E-state index contributed by atoms with van der Waals surface area (Å²) in [5.74, 6) is 0.888. The quantitative estimate of drug-likeness (QED) is 0.736. The second-order valence-electron chi connectivity index (χ2n) is 7.16. The molecule has 0 aliphatic heterocycles. The van der Waals surface area contributed by atoms with Gasteiger partial charge in [-0.3, -0.25) is 4.79 Å². The number of hydrogen-bond acceptors (Lipinski definition) is 2. The van der Waals surface area contributed by atoms with Gasteiger partial charge in [0, 0.05) is 13.0 Å². The predicted molar refractivity (Wildman–Crippen MR) is 76.3 cm³/mol. The van der Waals surface area contributed by atoms with E-state index < -0.39 is 6.10 Å². The minimum Gasteiger partial charge on any atom is -0.391 e. The normalized spacial score (nSPS) is 15.6. The maximum atomic E-state index is 11.7. The number of aliphatic hydroxyl groups is 1. The number of hydrogen-bond donors (Lipinski definition) is 2. The Morgan fingerprint density at radius 1 is 1.22 bits per heavy atom. The van der Waals surface area contributed by atoms with E-state index in [4.69, 9.17) is 0 Å². The molecule has 2 atom stereocenters. The number of amides is 1. The van der Waals surface area contributed by atoms with Gasteiger partial charge in [-0.25, -0.2) is 0 Å². The molecule has 1 amide bonds. The number of carbonyl (C=O) groups excluding carboxylic acids is 1. The summed E-state index contributed by atoms with van der Waals surface area (Å²) < 4.78 is 0. The van der Waals surface area contributed by atoms with E-state index in [1.807, 2.05) is 0 Å². The van der Waals surface area contributed by atoms with Crippen molar-refractivity contribution in [1.82, 2.24) is 5.32 Å². The summed E-state index contributed by atoms with van der Waals surface area (Å²) in [5.41, 5.74) is 0.261. The summed E-state index contributed by atoms with van der Waals surface area (Å²) in [7, 11) is 0. The third kappa shape index (κ3) is 10.6. The van der Waals surface area contributed by atoms with Crippen LogP contribution in [0.15, 0.2) is 0 Å².